The quantitative estimate of drug-likeness (QED) is 0.321. The first-order valence-electron chi connectivity index (χ1n) is 14.7. The Kier molecular flexibility index (Phi) is 11.1. The average Bonchev–Trinajstić information content (AvgIpc) is 3.35. The van der Waals surface area contributed by atoms with Crippen LogP contribution in [-0.4, -0.2) is 43.8 Å². The molecule has 5 atom stereocenters. The van der Waals surface area contributed by atoms with Gasteiger partial charge >= 0.3 is 6.09 Å². The van der Waals surface area contributed by atoms with Gasteiger partial charge in [0.05, 0.1) is 0 Å². The third kappa shape index (κ3) is 6.82. The van der Waals surface area contributed by atoms with Gasteiger partial charge in [-0.15, -0.1) is 0 Å². The molecule has 5 heteroatoms. The number of piperidine rings is 1. The number of carbonyl (C=O) groups is 1. The minimum absolute atomic E-state index is 0.113. The smallest absolute Gasteiger partial charge is 0.407 e. The van der Waals surface area contributed by atoms with Crippen LogP contribution in [0.4, 0.5) is 9.18 Å². The molecule has 1 aliphatic heterocycles. The highest BCUT2D eigenvalue weighted by Crippen LogP contribution is 2.53. The lowest BCUT2D eigenvalue weighted by atomic mass is 9.56. The second-order valence-corrected chi connectivity index (χ2v) is 11.6. The first-order valence-corrected chi connectivity index (χ1v) is 14.7. The molecule has 1 heterocycles. The molecule has 3 rings (SSSR count). The number of benzene rings is 1. The third-order valence-electron chi connectivity index (χ3n) is 9.44. The number of carbonyl (C=O) groups excluding carboxylic acids is 1. The Morgan fingerprint density at radius 3 is 2.53 bits per heavy atom. The minimum atomic E-state index is -0.349. The molecule has 1 saturated carbocycles. The van der Waals surface area contributed by atoms with E-state index in [-0.39, 0.29) is 29.3 Å². The molecule has 0 bridgehead atoms. The first-order chi connectivity index (χ1) is 17.4. The van der Waals surface area contributed by atoms with Crippen molar-refractivity contribution in [1.82, 2.24) is 10.2 Å². The van der Waals surface area contributed by atoms with E-state index in [0.717, 1.165) is 75.4 Å². The molecular formula is C31H51FN2O2. The number of hydrogen-bond donors (Lipinski definition) is 1. The van der Waals surface area contributed by atoms with E-state index in [9.17, 15) is 9.18 Å². The Bertz CT molecular complexity index is 810. The standard InChI is InChI=1S/C31H51FN2O2/c1-6-17-31(26-11-9-12-27(32)21-26,28-13-10-14-29(28)36-30(35)33-5)25-15-18-34(19-16-25)22-24(8-3)20-23(4)7-2/h9,11-12,21,23-25,28-29H,6-8,10,13-20,22H2,1-5H3,(H,33,35)/t23?,24?,28-,29?,31-/m0/s1. The van der Waals surface area contributed by atoms with E-state index in [0.29, 0.717) is 5.92 Å². The molecule has 2 aliphatic rings. The van der Waals surface area contributed by atoms with Gasteiger partial charge in [0.25, 0.3) is 0 Å². The summed E-state index contributed by atoms with van der Waals surface area (Å²) in [6.07, 6.45) is 10.6. The number of ether oxygens (including phenoxy) is 1. The predicted octanol–water partition coefficient (Wildman–Crippen LogP) is 7.56. The molecule has 0 radical (unpaired) electrons. The van der Waals surface area contributed by atoms with Crippen LogP contribution >= 0.6 is 0 Å². The molecule has 204 valence electrons. The van der Waals surface area contributed by atoms with E-state index < -0.39 is 0 Å². The number of amides is 1. The van der Waals surface area contributed by atoms with Gasteiger partial charge in [0.15, 0.2) is 0 Å². The van der Waals surface area contributed by atoms with Crippen molar-refractivity contribution in [2.24, 2.45) is 23.7 Å². The van der Waals surface area contributed by atoms with E-state index >= 15 is 0 Å². The van der Waals surface area contributed by atoms with Crippen molar-refractivity contribution in [3.63, 3.8) is 0 Å². The van der Waals surface area contributed by atoms with E-state index in [2.05, 4.69) is 44.0 Å². The van der Waals surface area contributed by atoms with Crippen LogP contribution in [0.3, 0.4) is 0 Å². The molecule has 0 spiro atoms. The predicted molar refractivity (Wildman–Crippen MR) is 147 cm³/mol. The van der Waals surface area contributed by atoms with Gasteiger partial charge in [-0.3, -0.25) is 0 Å². The maximum Gasteiger partial charge on any atom is 0.407 e. The van der Waals surface area contributed by atoms with Crippen molar-refractivity contribution in [3.05, 3.63) is 35.6 Å². The van der Waals surface area contributed by atoms with Crippen LogP contribution in [0.15, 0.2) is 24.3 Å². The normalized spacial score (nSPS) is 24.7. The fraction of sp³-hybridized carbons (Fsp3) is 0.774. The number of likely N-dealkylation sites (tertiary alicyclic amines) is 1. The van der Waals surface area contributed by atoms with E-state index in [1.807, 2.05) is 6.07 Å². The lowest BCUT2D eigenvalue weighted by Crippen LogP contribution is -2.51. The van der Waals surface area contributed by atoms with Crippen LogP contribution in [-0.2, 0) is 10.2 Å². The van der Waals surface area contributed by atoms with Gasteiger partial charge in [0, 0.05) is 24.9 Å². The molecule has 1 aliphatic carbocycles. The second-order valence-electron chi connectivity index (χ2n) is 11.6. The van der Waals surface area contributed by atoms with Crippen molar-refractivity contribution in [1.29, 1.82) is 0 Å². The number of nitrogens with one attached hydrogen (secondary N) is 1. The summed E-state index contributed by atoms with van der Waals surface area (Å²) >= 11 is 0. The SMILES string of the molecule is CCC[C@@](c1cccc(F)c1)(C1CCN(CC(CC)CC(C)CC)CC1)[C@H]1CCCC1OC(=O)NC. The van der Waals surface area contributed by atoms with Gasteiger partial charge in [-0.05, 0) is 93.5 Å². The molecule has 1 amide bonds. The minimum Gasteiger partial charge on any atom is -0.446 e. The lowest BCUT2D eigenvalue weighted by Gasteiger charge is -2.50. The van der Waals surface area contributed by atoms with Gasteiger partial charge in [-0.1, -0.05) is 59.1 Å². The van der Waals surface area contributed by atoms with Gasteiger partial charge in [0.1, 0.15) is 11.9 Å². The second kappa shape index (κ2) is 13.8. The highest BCUT2D eigenvalue weighted by Gasteiger charge is 2.52. The van der Waals surface area contributed by atoms with Gasteiger partial charge < -0.3 is 15.0 Å². The molecule has 1 aromatic rings. The van der Waals surface area contributed by atoms with E-state index in [1.54, 1.807) is 19.2 Å². The Morgan fingerprint density at radius 2 is 1.92 bits per heavy atom. The lowest BCUT2D eigenvalue weighted by molar-refractivity contribution is 0.00547. The van der Waals surface area contributed by atoms with Crippen LogP contribution < -0.4 is 5.32 Å². The Hall–Kier alpha value is -1.62. The molecule has 36 heavy (non-hydrogen) atoms. The summed E-state index contributed by atoms with van der Waals surface area (Å²) in [5, 5.41) is 2.64. The Balaban J connectivity index is 1.86. The number of rotatable bonds is 12. The highest BCUT2D eigenvalue weighted by atomic mass is 19.1. The Labute approximate surface area is 219 Å². The number of hydrogen-bond acceptors (Lipinski definition) is 3. The summed E-state index contributed by atoms with van der Waals surface area (Å²) in [5.74, 6) is 2.08. The van der Waals surface area contributed by atoms with Gasteiger partial charge in [-0.25, -0.2) is 9.18 Å². The van der Waals surface area contributed by atoms with E-state index in [1.165, 1.54) is 25.8 Å². The zero-order chi connectivity index (χ0) is 26.1. The average molecular weight is 503 g/mol. The molecule has 4 nitrogen and oxygen atoms in total. The van der Waals surface area contributed by atoms with Crippen molar-refractivity contribution in [2.75, 3.05) is 26.7 Å². The summed E-state index contributed by atoms with van der Waals surface area (Å²) in [5.41, 5.74) is 0.947. The first kappa shape index (κ1) is 28.9. The van der Waals surface area contributed by atoms with Crippen molar-refractivity contribution in [3.8, 4) is 0 Å². The molecule has 0 aromatic heterocycles. The van der Waals surface area contributed by atoms with Crippen molar-refractivity contribution >= 4 is 6.09 Å². The third-order valence-corrected chi connectivity index (χ3v) is 9.44. The van der Waals surface area contributed by atoms with Crippen LogP contribution in [0.25, 0.3) is 0 Å². The highest BCUT2D eigenvalue weighted by molar-refractivity contribution is 5.67. The fourth-order valence-electron chi connectivity index (χ4n) is 7.43. The van der Waals surface area contributed by atoms with Crippen molar-refractivity contribution in [2.45, 2.75) is 103 Å². The van der Waals surface area contributed by atoms with Gasteiger partial charge in [-0.2, -0.15) is 0 Å². The molecular weight excluding hydrogens is 451 g/mol. The summed E-state index contributed by atoms with van der Waals surface area (Å²) < 4.78 is 20.6. The van der Waals surface area contributed by atoms with Crippen LogP contribution in [0.1, 0.15) is 97.5 Å². The summed E-state index contributed by atoms with van der Waals surface area (Å²) in [6, 6.07) is 7.34. The molecule has 1 N–H and O–H groups in total. The fourth-order valence-corrected chi connectivity index (χ4v) is 7.43. The number of nitrogens with zero attached hydrogens (tertiary/aromatic N) is 1. The summed E-state index contributed by atoms with van der Waals surface area (Å²) in [7, 11) is 1.62. The number of alkyl carbamates (subject to hydrolysis) is 1. The number of halogens is 1. The van der Waals surface area contributed by atoms with Crippen molar-refractivity contribution < 1.29 is 13.9 Å². The zero-order valence-corrected chi connectivity index (χ0v) is 23.5. The van der Waals surface area contributed by atoms with Crippen LogP contribution in [0.2, 0.25) is 0 Å². The summed E-state index contributed by atoms with van der Waals surface area (Å²) in [4.78, 5) is 14.9. The molecule has 2 fully saturated rings. The molecule has 1 saturated heterocycles. The van der Waals surface area contributed by atoms with E-state index in [4.69, 9.17) is 4.74 Å². The topological polar surface area (TPSA) is 41.6 Å². The maximum absolute atomic E-state index is 14.6. The molecule has 1 aromatic carbocycles. The van der Waals surface area contributed by atoms with Crippen LogP contribution in [0.5, 0.6) is 0 Å². The summed E-state index contributed by atoms with van der Waals surface area (Å²) in [6.45, 7) is 12.7. The maximum atomic E-state index is 14.6. The zero-order valence-electron chi connectivity index (χ0n) is 23.5. The van der Waals surface area contributed by atoms with Gasteiger partial charge in [0.2, 0.25) is 0 Å². The Morgan fingerprint density at radius 1 is 1.17 bits per heavy atom. The van der Waals surface area contributed by atoms with Crippen LogP contribution in [0, 0.1) is 29.5 Å². The monoisotopic (exact) mass is 502 g/mol. The largest absolute Gasteiger partial charge is 0.446 e. The molecule has 3 unspecified atom stereocenters.